The van der Waals surface area contributed by atoms with Crippen molar-refractivity contribution in [1.82, 2.24) is 4.90 Å². The third-order valence-electron chi connectivity index (χ3n) is 4.64. The van der Waals surface area contributed by atoms with Gasteiger partial charge in [-0.25, -0.2) is 9.59 Å². The first-order valence-corrected chi connectivity index (χ1v) is 9.89. The van der Waals surface area contributed by atoms with Gasteiger partial charge in [-0.15, -0.1) is 0 Å². The van der Waals surface area contributed by atoms with Crippen molar-refractivity contribution in [2.45, 2.75) is 25.7 Å². The minimum atomic E-state index is -1.26. The van der Waals surface area contributed by atoms with E-state index in [9.17, 15) is 14.4 Å². The summed E-state index contributed by atoms with van der Waals surface area (Å²) < 4.78 is 0. The Morgan fingerprint density at radius 2 is 1.66 bits per heavy atom. The molecule has 1 fully saturated rings. The van der Waals surface area contributed by atoms with Crippen LogP contribution < -0.4 is 4.90 Å². The van der Waals surface area contributed by atoms with Gasteiger partial charge in [0.1, 0.15) is 0 Å². The van der Waals surface area contributed by atoms with Crippen LogP contribution >= 0.6 is 23.2 Å². The summed E-state index contributed by atoms with van der Waals surface area (Å²) in [6, 6.07) is 5.28. The average molecular weight is 445 g/mol. The van der Waals surface area contributed by atoms with E-state index in [0.717, 1.165) is 25.2 Å². The number of amides is 1. The molecule has 160 valence electrons. The van der Waals surface area contributed by atoms with Crippen LogP contribution in [0.5, 0.6) is 0 Å². The first-order chi connectivity index (χ1) is 13.6. The standard InChI is InChI=1S/C16H22Cl2N2O.C4H4O4/c1-19-9-7-12(8-10-19)3-6-16(21)20(2)13-4-5-14(17)15(18)11-13;5-3(6)1-2-4(7)8/h4-5,11-12H,3,6-10H2,1-2H3;1-2H,(H,5,6)(H,7,8)/b;2-1+. The van der Waals surface area contributed by atoms with E-state index in [1.54, 1.807) is 24.1 Å². The highest BCUT2D eigenvalue weighted by molar-refractivity contribution is 6.42. The molecule has 9 heteroatoms. The van der Waals surface area contributed by atoms with Gasteiger partial charge in [0.2, 0.25) is 5.91 Å². The molecule has 0 aliphatic carbocycles. The zero-order chi connectivity index (χ0) is 22.0. The number of rotatable bonds is 6. The normalized spacial score (nSPS) is 14.9. The van der Waals surface area contributed by atoms with E-state index >= 15 is 0 Å². The number of carboxylic acid groups (broad SMARTS) is 2. The number of hydrogen-bond acceptors (Lipinski definition) is 4. The number of anilines is 1. The fraction of sp³-hybridized carbons (Fsp3) is 0.450. The molecule has 0 radical (unpaired) electrons. The van der Waals surface area contributed by atoms with E-state index in [1.165, 1.54) is 12.8 Å². The maximum atomic E-state index is 12.3. The zero-order valence-corrected chi connectivity index (χ0v) is 18.0. The van der Waals surface area contributed by atoms with Crippen molar-refractivity contribution in [2.75, 3.05) is 32.1 Å². The second kappa shape index (κ2) is 12.5. The minimum absolute atomic E-state index is 0.132. The van der Waals surface area contributed by atoms with Gasteiger partial charge in [0.15, 0.2) is 0 Å². The predicted octanol–water partition coefficient (Wildman–Crippen LogP) is 3.79. The smallest absolute Gasteiger partial charge is 0.328 e. The summed E-state index contributed by atoms with van der Waals surface area (Å²) in [5.74, 6) is -1.71. The molecule has 0 spiro atoms. The van der Waals surface area contributed by atoms with Gasteiger partial charge in [-0.2, -0.15) is 0 Å². The largest absolute Gasteiger partial charge is 0.478 e. The zero-order valence-electron chi connectivity index (χ0n) is 16.5. The molecule has 1 aliphatic heterocycles. The van der Waals surface area contributed by atoms with Gasteiger partial charge in [-0.1, -0.05) is 23.2 Å². The molecule has 2 rings (SSSR count). The van der Waals surface area contributed by atoms with Crippen LogP contribution in [0.4, 0.5) is 5.69 Å². The monoisotopic (exact) mass is 444 g/mol. The summed E-state index contributed by atoms with van der Waals surface area (Å²) >= 11 is 11.9. The Bertz CT molecular complexity index is 730. The molecule has 1 aromatic carbocycles. The second-order valence-electron chi connectivity index (χ2n) is 6.85. The molecule has 1 aliphatic rings. The van der Waals surface area contributed by atoms with E-state index in [-0.39, 0.29) is 5.91 Å². The molecule has 1 heterocycles. The summed E-state index contributed by atoms with van der Waals surface area (Å²) in [7, 11) is 3.94. The van der Waals surface area contributed by atoms with Crippen LogP contribution in [0.25, 0.3) is 0 Å². The molecule has 29 heavy (non-hydrogen) atoms. The van der Waals surface area contributed by atoms with Crippen LogP contribution in [-0.4, -0.2) is 60.1 Å². The SMILES string of the molecule is CN1CCC(CCC(=O)N(C)c2ccc(Cl)c(Cl)c2)CC1.O=C(O)/C=C/C(=O)O. The number of carboxylic acids is 2. The molecule has 1 aromatic rings. The summed E-state index contributed by atoms with van der Waals surface area (Å²) in [5, 5.41) is 16.6. The Kier molecular flexibility index (Phi) is 10.7. The predicted molar refractivity (Wildman–Crippen MR) is 114 cm³/mol. The number of piperidine rings is 1. The maximum Gasteiger partial charge on any atom is 0.328 e. The highest BCUT2D eigenvalue weighted by Crippen LogP contribution is 2.27. The van der Waals surface area contributed by atoms with Crippen molar-refractivity contribution in [1.29, 1.82) is 0 Å². The molecule has 2 N–H and O–H groups in total. The number of likely N-dealkylation sites (tertiary alicyclic amines) is 1. The lowest BCUT2D eigenvalue weighted by atomic mass is 9.92. The lowest BCUT2D eigenvalue weighted by molar-refractivity contribution is -0.134. The molecule has 1 saturated heterocycles. The minimum Gasteiger partial charge on any atom is -0.478 e. The van der Waals surface area contributed by atoms with E-state index < -0.39 is 11.9 Å². The molecule has 0 unspecified atom stereocenters. The van der Waals surface area contributed by atoms with Crippen LogP contribution in [0, 0.1) is 5.92 Å². The molecular weight excluding hydrogens is 419 g/mol. The van der Waals surface area contributed by atoms with Crippen LogP contribution in [0.2, 0.25) is 10.0 Å². The first kappa shape index (κ1) is 24.9. The van der Waals surface area contributed by atoms with E-state index in [4.69, 9.17) is 33.4 Å². The van der Waals surface area contributed by atoms with Crippen molar-refractivity contribution in [2.24, 2.45) is 5.92 Å². The van der Waals surface area contributed by atoms with Crippen LogP contribution in [0.15, 0.2) is 30.4 Å². The van der Waals surface area contributed by atoms with E-state index in [1.807, 2.05) is 6.07 Å². The topological polar surface area (TPSA) is 98.2 Å². The number of carbonyl (C=O) groups excluding carboxylic acids is 1. The Morgan fingerprint density at radius 1 is 1.10 bits per heavy atom. The number of halogens is 2. The molecule has 0 saturated carbocycles. The van der Waals surface area contributed by atoms with Crippen molar-refractivity contribution in [3.05, 3.63) is 40.4 Å². The number of aliphatic carboxylic acids is 2. The molecule has 1 amide bonds. The van der Waals surface area contributed by atoms with Gasteiger partial charge < -0.3 is 20.0 Å². The number of nitrogens with zero attached hydrogens (tertiary/aromatic N) is 2. The van der Waals surface area contributed by atoms with Crippen molar-refractivity contribution >= 4 is 46.7 Å². The van der Waals surface area contributed by atoms with Gasteiger partial charge in [0.25, 0.3) is 0 Å². The van der Waals surface area contributed by atoms with E-state index in [2.05, 4.69) is 11.9 Å². The van der Waals surface area contributed by atoms with Gasteiger partial charge >= 0.3 is 11.9 Å². The third kappa shape index (κ3) is 9.78. The van der Waals surface area contributed by atoms with Crippen molar-refractivity contribution < 1.29 is 24.6 Å². The summed E-state index contributed by atoms with van der Waals surface area (Å²) in [5.41, 5.74) is 0.790. The summed E-state index contributed by atoms with van der Waals surface area (Å²) in [4.78, 5) is 35.4. The fourth-order valence-corrected chi connectivity index (χ4v) is 3.12. The fourth-order valence-electron chi connectivity index (χ4n) is 2.83. The first-order valence-electron chi connectivity index (χ1n) is 9.14. The molecule has 0 atom stereocenters. The molecular formula is C20H26Cl2N2O5. The summed E-state index contributed by atoms with van der Waals surface area (Å²) in [6.07, 6.45) is 5.06. The molecule has 0 bridgehead atoms. The lowest BCUT2D eigenvalue weighted by Gasteiger charge is -2.29. The second-order valence-corrected chi connectivity index (χ2v) is 7.66. The van der Waals surface area contributed by atoms with Crippen LogP contribution in [0.1, 0.15) is 25.7 Å². The van der Waals surface area contributed by atoms with Crippen LogP contribution in [-0.2, 0) is 14.4 Å². The van der Waals surface area contributed by atoms with E-state index in [0.29, 0.717) is 34.5 Å². The van der Waals surface area contributed by atoms with Gasteiger partial charge in [0.05, 0.1) is 10.0 Å². The van der Waals surface area contributed by atoms with Crippen molar-refractivity contribution in [3.8, 4) is 0 Å². The Morgan fingerprint density at radius 3 is 2.14 bits per heavy atom. The lowest BCUT2D eigenvalue weighted by Crippen LogP contribution is -2.31. The number of benzene rings is 1. The quantitative estimate of drug-likeness (QED) is 0.647. The Balaban J connectivity index is 0.000000447. The van der Waals surface area contributed by atoms with Gasteiger partial charge in [0, 0.05) is 31.3 Å². The average Bonchev–Trinajstić information content (AvgIpc) is 2.67. The van der Waals surface area contributed by atoms with Gasteiger partial charge in [-0.3, -0.25) is 4.79 Å². The Labute approximate surface area is 180 Å². The maximum absolute atomic E-state index is 12.3. The highest BCUT2D eigenvalue weighted by Gasteiger charge is 2.19. The molecule has 0 aromatic heterocycles. The highest BCUT2D eigenvalue weighted by atomic mass is 35.5. The summed E-state index contributed by atoms with van der Waals surface area (Å²) in [6.45, 7) is 2.28. The van der Waals surface area contributed by atoms with Crippen LogP contribution in [0.3, 0.4) is 0 Å². The van der Waals surface area contributed by atoms with Crippen molar-refractivity contribution in [3.63, 3.8) is 0 Å². The molecule has 7 nitrogen and oxygen atoms in total. The third-order valence-corrected chi connectivity index (χ3v) is 5.38. The Hall–Kier alpha value is -2.09. The van der Waals surface area contributed by atoms with Gasteiger partial charge in [-0.05, 0) is 63.5 Å². The number of hydrogen-bond donors (Lipinski definition) is 2. The number of carbonyl (C=O) groups is 3.